The summed E-state index contributed by atoms with van der Waals surface area (Å²) in [5.41, 5.74) is 1.51. The van der Waals surface area contributed by atoms with Gasteiger partial charge in [-0.15, -0.1) is 0 Å². The third kappa shape index (κ3) is 2.30. The Labute approximate surface area is 103 Å². The lowest BCUT2D eigenvalue weighted by atomic mass is 10.1. The summed E-state index contributed by atoms with van der Waals surface area (Å²) in [6, 6.07) is 6.99. The van der Waals surface area contributed by atoms with Gasteiger partial charge in [-0.05, 0) is 18.2 Å². The zero-order valence-corrected chi connectivity index (χ0v) is 9.98. The molecule has 0 atom stereocenters. The highest BCUT2D eigenvalue weighted by molar-refractivity contribution is 7.79. The van der Waals surface area contributed by atoms with Crippen LogP contribution in [0.4, 0.5) is 0 Å². The summed E-state index contributed by atoms with van der Waals surface area (Å²) in [5.74, 6) is 1.13. The van der Waals surface area contributed by atoms with Gasteiger partial charge in [-0.1, -0.05) is 28.4 Å². The Balaban J connectivity index is 2.48. The molecule has 0 amide bonds. The number of hydrogen-bond acceptors (Lipinski definition) is 3. The van der Waals surface area contributed by atoms with Crippen LogP contribution in [0, 0.1) is 0 Å². The van der Waals surface area contributed by atoms with Gasteiger partial charge >= 0.3 is 0 Å². The Morgan fingerprint density at radius 2 is 2.07 bits per heavy atom. The fraction of sp³-hybridized carbons (Fsp3) is 0.100. The summed E-state index contributed by atoms with van der Waals surface area (Å²) in [5, 5.41) is 5.02. The zero-order chi connectivity index (χ0) is 10.8. The highest BCUT2D eigenvalue weighted by Gasteiger charge is 2.10. The second-order valence-corrected chi connectivity index (χ2v) is 4.12. The molecule has 0 unspecified atom stereocenters. The van der Waals surface area contributed by atoms with Crippen LogP contribution < -0.4 is 0 Å². The standard InChI is InChI=1S/C10H7Cl2NOS/c11-6-1-2-9(12)8(3-6)10-4-7(5-15)13-14-10/h1-4,15H,5H2. The fourth-order valence-corrected chi connectivity index (χ4v) is 1.73. The number of benzene rings is 1. The average molecular weight is 260 g/mol. The number of rotatable bonds is 2. The second kappa shape index (κ2) is 4.47. The highest BCUT2D eigenvalue weighted by Crippen LogP contribution is 2.31. The lowest BCUT2D eigenvalue weighted by Crippen LogP contribution is -1.76. The van der Waals surface area contributed by atoms with Crippen LogP contribution in [0.1, 0.15) is 5.69 Å². The number of hydrogen-bond donors (Lipinski definition) is 1. The molecule has 1 aromatic carbocycles. The summed E-state index contributed by atoms with van der Waals surface area (Å²) in [4.78, 5) is 0. The smallest absolute Gasteiger partial charge is 0.168 e. The first kappa shape index (κ1) is 10.9. The van der Waals surface area contributed by atoms with E-state index < -0.39 is 0 Å². The first-order valence-electron chi connectivity index (χ1n) is 4.22. The molecular formula is C10H7Cl2NOS. The van der Waals surface area contributed by atoms with E-state index in [0.717, 1.165) is 11.3 Å². The van der Waals surface area contributed by atoms with Crippen molar-refractivity contribution in [3.8, 4) is 11.3 Å². The predicted molar refractivity (Wildman–Crippen MR) is 64.6 cm³/mol. The van der Waals surface area contributed by atoms with Crippen molar-refractivity contribution in [1.82, 2.24) is 5.16 Å². The normalized spacial score (nSPS) is 10.6. The van der Waals surface area contributed by atoms with Crippen LogP contribution in [0.3, 0.4) is 0 Å². The molecule has 0 spiro atoms. The molecule has 5 heteroatoms. The Morgan fingerprint density at radius 3 is 2.73 bits per heavy atom. The van der Waals surface area contributed by atoms with Crippen molar-refractivity contribution in [3.05, 3.63) is 40.0 Å². The molecule has 2 nitrogen and oxygen atoms in total. The van der Waals surface area contributed by atoms with Gasteiger partial charge in [0.05, 0.1) is 10.7 Å². The molecule has 78 valence electrons. The summed E-state index contributed by atoms with van der Waals surface area (Å²) < 4.78 is 5.14. The molecule has 0 N–H and O–H groups in total. The maximum absolute atomic E-state index is 6.02. The van der Waals surface area contributed by atoms with Gasteiger partial charge in [-0.3, -0.25) is 0 Å². The van der Waals surface area contributed by atoms with Crippen LogP contribution >= 0.6 is 35.8 Å². The first-order valence-corrected chi connectivity index (χ1v) is 5.61. The molecule has 0 bridgehead atoms. The molecule has 0 saturated heterocycles. The predicted octanol–water partition coefficient (Wildman–Crippen LogP) is 4.08. The summed E-state index contributed by atoms with van der Waals surface area (Å²) >= 11 is 16.0. The number of halogens is 2. The van der Waals surface area contributed by atoms with Crippen molar-refractivity contribution < 1.29 is 4.52 Å². The third-order valence-electron chi connectivity index (χ3n) is 1.91. The van der Waals surface area contributed by atoms with Crippen LogP contribution in [-0.4, -0.2) is 5.16 Å². The van der Waals surface area contributed by atoms with Gasteiger partial charge in [-0.25, -0.2) is 0 Å². The van der Waals surface area contributed by atoms with Gasteiger partial charge < -0.3 is 4.52 Å². The second-order valence-electron chi connectivity index (χ2n) is 2.96. The molecule has 2 aromatic rings. The van der Waals surface area contributed by atoms with Crippen LogP contribution in [-0.2, 0) is 5.75 Å². The van der Waals surface area contributed by atoms with Gasteiger partial charge in [0.15, 0.2) is 5.76 Å². The van der Waals surface area contributed by atoms with E-state index in [0.29, 0.717) is 21.6 Å². The number of nitrogens with zero attached hydrogens (tertiary/aromatic N) is 1. The van der Waals surface area contributed by atoms with Gasteiger partial charge in [0.2, 0.25) is 0 Å². The van der Waals surface area contributed by atoms with E-state index >= 15 is 0 Å². The molecule has 0 aliphatic heterocycles. The zero-order valence-electron chi connectivity index (χ0n) is 7.58. The van der Waals surface area contributed by atoms with E-state index in [-0.39, 0.29) is 0 Å². The molecule has 0 fully saturated rings. The topological polar surface area (TPSA) is 26.0 Å². The van der Waals surface area contributed by atoms with Crippen LogP contribution in [0.2, 0.25) is 10.0 Å². The summed E-state index contributed by atoms with van der Waals surface area (Å²) in [6.45, 7) is 0. The third-order valence-corrected chi connectivity index (χ3v) is 2.80. The van der Waals surface area contributed by atoms with Crippen molar-refractivity contribution in [3.63, 3.8) is 0 Å². The quantitative estimate of drug-likeness (QED) is 0.823. The van der Waals surface area contributed by atoms with E-state index in [2.05, 4.69) is 17.8 Å². The Kier molecular flexibility index (Phi) is 3.24. The summed E-state index contributed by atoms with van der Waals surface area (Å²) in [6.07, 6.45) is 0. The van der Waals surface area contributed by atoms with Gasteiger partial charge in [0.25, 0.3) is 0 Å². The SMILES string of the molecule is SCc1cc(-c2cc(Cl)ccc2Cl)on1. The maximum atomic E-state index is 6.02. The Bertz CT molecular complexity index is 484. The van der Waals surface area contributed by atoms with Gasteiger partial charge in [-0.2, -0.15) is 12.6 Å². The molecule has 15 heavy (non-hydrogen) atoms. The van der Waals surface area contributed by atoms with E-state index in [1.807, 2.05) is 0 Å². The largest absolute Gasteiger partial charge is 0.356 e. The van der Waals surface area contributed by atoms with Crippen molar-refractivity contribution >= 4 is 35.8 Å². The molecule has 2 rings (SSSR count). The minimum absolute atomic E-state index is 0.529. The number of aromatic nitrogens is 1. The van der Waals surface area contributed by atoms with Gasteiger partial charge in [0.1, 0.15) is 0 Å². The summed E-state index contributed by atoms with van der Waals surface area (Å²) in [7, 11) is 0. The van der Waals surface area contributed by atoms with Crippen molar-refractivity contribution in [2.45, 2.75) is 5.75 Å². The van der Waals surface area contributed by atoms with E-state index in [1.54, 1.807) is 24.3 Å². The molecular weight excluding hydrogens is 253 g/mol. The van der Waals surface area contributed by atoms with Crippen molar-refractivity contribution in [2.24, 2.45) is 0 Å². The monoisotopic (exact) mass is 259 g/mol. The highest BCUT2D eigenvalue weighted by atomic mass is 35.5. The molecule has 1 aromatic heterocycles. The molecule has 0 radical (unpaired) electrons. The average Bonchev–Trinajstić information content (AvgIpc) is 2.70. The van der Waals surface area contributed by atoms with E-state index in [1.165, 1.54) is 0 Å². The van der Waals surface area contributed by atoms with Crippen molar-refractivity contribution in [1.29, 1.82) is 0 Å². The Hall–Kier alpha value is -0.640. The first-order chi connectivity index (χ1) is 7.20. The van der Waals surface area contributed by atoms with Crippen LogP contribution in [0.5, 0.6) is 0 Å². The Morgan fingerprint density at radius 1 is 1.27 bits per heavy atom. The van der Waals surface area contributed by atoms with Crippen LogP contribution in [0.15, 0.2) is 28.8 Å². The molecule has 0 aliphatic rings. The fourth-order valence-electron chi connectivity index (χ4n) is 1.20. The lowest BCUT2D eigenvalue weighted by molar-refractivity contribution is 0.426. The number of thiol groups is 1. The minimum Gasteiger partial charge on any atom is -0.356 e. The van der Waals surface area contributed by atoms with Crippen molar-refractivity contribution in [2.75, 3.05) is 0 Å². The van der Waals surface area contributed by atoms with E-state index in [4.69, 9.17) is 27.7 Å². The van der Waals surface area contributed by atoms with E-state index in [9.17, 15) is 0 Å². The molecule has 0 saturated carbocycles. The minimum atomic E-state index is 0.529. The maximum Gasteiger partial charge on any atom is 0.168 e. The lowest BCUT2D eigenvalue weighted by Gasteiger charge is -1.99. The van der Waals surface area contributed by atoms with Gasteiger partial charge in [0, 0.05) is 22.4 Å². The molecule has 0 aliphatic carbocycles. The molecule has 1 heterocycles. The van der Waals surface area contributed by atoms with Crippen LogP contribution in [0.25, 0.3) is 11.3 Å².